The van der Waals surface area contributed by atoms with Crippen molar-refractivity contribution >= 4 is 35.6 Å². The number of fused-ring (bicyclic) bond motifs is 1. The molecule has 0 spiro atoms. The highest BCUT2D eigenvalue weighted by molar-refractivity contribution is 9.10. The fourth-order valence-electron chi connectivity index (χ4n) is 1.85. The van der Waals surface area contributed by atoms with Gasteiger partial charge in [0.25, 0.3) is 5.91 Å². The highest BCUT2D eigenvalue weighted by Gasteiger charge is 2.25. The monoisotopic (exact) mass is 357 g/mol. The first-order valence-corrected chi connectivity index (χ1v) is 11.2. The summed E-state index contributed by atoms with van der Waals surface area (Å²) in [6.07, 6.45) is 0. The van der Waals surface area contributed by atoms with Crippen LogP contribution in [0.5, 0.6) is 5.75 Å². The minimum Gasteiger partial charge on any atom is -0.482 e. The maximum atomic E-state index is 12.0. The van der Waals surface area contributed by atoms with Gasteiger partial charge in [0.05, 0.1) is 5.69 Å². The van der Waals surface area contributed by atoms with E-state index in [0.717, 1.165) is 22.0 Å². The van der Waals surface area contributed by atoms with Crippen molar-refractivity contribution in [2.75, 3.05) is 24.8 Å². The summed E-state index contributed by atoms with van der Waals surface area (Å²) < 4.78 is 12.0. The fraction of sp³-hybridized carbons (Fsp3) is 0.500. The summed E-state index contributed by atoms with van der Waals surface area (Å²) in [4.78, 5) is 13.6. The third kappa shape index (κ3) is 4.07. The molecule has 6 heteroatoms. The fourth-order valence-corrected chi connectivity index (χ4v) is 2.96. The molecule has 1 amide bonds. The van der Waals surface area contributed by atoms with Gasteiger partial charge in [0.1, 0.15) is 12.5 Å². The summed E-state index contributed by atoms with van der Waals surface area (Å²) in [5, 5.41) is 0. The average Bonchev–Trinajstić information content (AvgIpc) is 2.35. The van der Waals surface area contributed by atoms with Gasteiger partial charge >= 0.3 is 0 Å². The molecule has 1 aromatic carbocycles. The number of benzene rings is 1. The van der Waals surface area contributed by atoms with E-state index in [2.05, 4.69) is 35.6 Å². The molecule has 110 valence electrons. The van der Waals surface area contributed by atoms with E-state index in [1.807, 2.05) is 18.2 Å². The quantitative estimate of drug-likeness (QED) is 0.598. The number of anilines is 1. The van der Waals surface area contributed by atoms with Gasteiger partial charge in [-0.2, -0.15) is 0 Å². The topological polar surface area (TPSA) is 38.8 Å². The average molecular weight is 358 g/mol. The van der Waals surface area contributed by atoms with Gasteiger partial charge in [-0.05, 0) is 24.2 Å². The summed E-state index contributed by atoms with van der Waals surface area (Å²) in [6, 6.07) is 6.74. The smallest absolute Gasteiger partial charge is 0.266 e. The van der Waals surface area contributed by atoms with E-state index in [9.17, 15) is 4.79 Å². The first kappa shape index (κ1) is 15.5. The third-order valence-electron chi connectivity index (χ3n) is 3.08. The zero-order valence-corrected chi connectivity index (χ0v) is 14.7. The van der Waals surface area contributed by atoms with Crippen LogP contribution in [0.25, 0.3) is 0 Å². The third-order valence-corrected chi connectivity index (χ3v) is 5.28. The molecule has 1 aliphatic rings. The van der Waals surface area contributed by atoms with Crippen molar-refractivity contribution in [1.29, 1.82) is 0 Å². The van der Waals surface area contributed by atoms with Crippen LogP contribution in [0.2, 0.25) is 25.7 Å². The lowest BCUT2D eigenvalue weighted by Gasteiger charge is -2.29. The predicted octanol–water partition coefficient (Wildman–Crippen LogP) is 3.49. The van der Waals surface area contributed by atoms with Crippen molar-refractivity contribution in [1.82, 2.24) is 0 Å². The lowest BCUT2D eigenvalue weighted by Crippen LogP contribution is -2.40. The van der Waals surface area contributed by atoms with E-state index < -0.39 is 8.07 Å². The molecule has 1 aromatic rings. The number of carbonyl (C=O) groups is 1. The van der Waals surface area contributed by atoms with E-state index in [4.69, 9.17) is 9.47 Å². The lowest BCUT2D eigenvalue weighted by atomic mass is 10.2. The maximum absolute atomic E-state index is 12.0. The Morgan fingerprint density at radius 1 is 1.40 bits per heavy atom. The summed E-state index contributed by atoms with van der Waals surface area (Å²) in [7, 11) is -1.10. The van der Waals surface area contributed by atoms with Crippen LogP contribution >= 0.6 is 15.9 Å². The minimum absolute atomic E-state index is 0.0661. The van der Waals surface area contributed by atoms with Gasteiger partial charge in [0.2, 0.25) is 0 Å². The number of hydrogen-bond acceptors (Lipinski definition) is 3. The van der Waals surface area contributed by atoms with Gasteiger partial charge in [-0.1, -0.05) is 35.6 Å². The van der Waals surface area contributed by atoms with Crippen LogP contribution in [0.15, 0.2) is 22.7 Å². The van der Waals surface area contributed by atoms with Crippen molar-refractivity contribution in [3.8, 4) is 5.75 Å². The van der Waals surface area contributed by atoms with Gasteiger partial charge < -0.3 is 9.47 Å². The zero-order valence-electron chi connectivity index (χ0n) is 12.1. The molecule has 2 rings (SSSR count). The number of ether oxygens (including phenoxy) is 2. The van der Waals surface area contributed by atoms with E-state index in [-0.39, 0.29) is 19.2 Å². The molecular formula is C14H20BrNO3Si. The molecule has 1 aliphatic heterocycles. The Labute approximate surface area is 129 Å². The standard InChI is InChI=1S/C14H20BrNO3Si/c1-20(2,3)7-6-18-10-16-12-8-11(15)4-5-13(12)19-9-14(16)17/h4-5,8H,6-7,9-10H2,1-3H3. The normalized spacial score (nSPS) is 15.0. The summed E-state index contributed by atoms with van der Waals surface area (Å²) in [6.45, 7) is 7.99. The van der Waals surface area contributed by atoms with Crippen molar-refractivity contribution < 1.29 is 14.3 Å². The second kappa shape index (κ2) is 6.28. The summed E-state index contributed by atoms with van der Waals surface area (Å²) >= 11 is 3.42. The van der Waals surface area contributed by atoms with Crippen LogP contribution in [-0.2, 0) is 9.53 Å². The molecule has 0 radical (unpaired) electrons. The number of hydrogen-bond donors (Lipinski definition) is 0. The van der Waals surface area contributed by atoms with Gasteiger partial charge in [-0.3, -0.25) is 9.69 Å². The first-order chi connectivity index (χ1) is 9.37. The molecular weight excluding hydrogens is 338 g/mol. The Hall–Kier alpha value is -0.853. The largest absolute Gasteiger partial charge is 0.482 e. The van der Waals surface area contributed by atoms with Crippen molar-refractivity contribution in [3.05, 3.63) is 22.7 Å². The SMILES string of the molecule is C[Si](C)(C)CCOCN1C(=O)COc2ccc(Br)cc21. The Balaban J connectivity index is 2.01. The second-order valence-corrected chi connectivity index (χ2v) is 12.6. The molecule has 0 unspecified atom stereocenters. The van der Waals surface area contributed by atoms with Crippen LogP contribution in [0, 0.1) is 0 Å². The van der Waals surface area contributed by atoms with E-state index in [0.29, 0.717) is 6.61 Å². The molecule has 0 fully saturated rings. The molecule has 20 heavy (non-hydrogen) atoms. The van der Waals surface area contributed by atoms with Gasteiger partial charge in [-0.15, -0.1) is 0 Å². The molecule has 0 atom stereocenters. The van der Waals surface area contributed by atoms with Gasteiger partial charge in [0, 0.05) is 19.2 Å². The highest BCUT2D eigenvalue weighted by atomic mass is 79.9. The maximum Gasteiger partial charge on any atom is 0.266 e. The molecule has 0 aromatic heterocycles. The number of amides is 1. The first-order valence-electron chi connectivity index (χ1n) is 6.67. The minimum atomic E-state index is -1.10. The Bertz CT molecular complexity index is 502. The zero-order chi connectivity index (χ0) is 14.8. The van der Waals surface area contributed by atoms with E-state index in [1.165, 1.54) is 0 Å². The van der Waals surface area contributed by atoms with Crippen LogP contribution < -0.4 is 9.64 Å². The number of halogens is 1. The highest BCUT2D eigenvalue weighted by Crippen LogP contribution is 2.34. The van der Waals surface area contributed by atoms with Crippen LogP contribution in [-0.4, -0.2) is 33.9 Å². The number of carbonyl (C=O) groups excluding carboxylic acids is 1. The predicted molar refractivity (Wildman–Crippen MR) is 86.1 cm³/mol. The van der Waals surface area contributed by atoms with Gasteiger partial charge in [-0.25, -0.2) is 0 Å². The van der Waals surface area contributed by atoms with Gasteiger partial charge in [0.15, 0.2) is 6.61 Å². The van der Waals surface area contributed by atoms with Crippen LogP contribution in [0.4, 0.5) is 5.69 Å². The Morgan fingerprint density at radius 3 is 2.85 bits per heavy atom. The molecule has 0 saturated carbocycles. The molecule has 0 aliphatic carbocycles. The summed E-state index contributed by atoms with van der Waals surface area (Å²) in [5.74, 6) is 0.658. The van der Waals surface area contributed by atoms with Crippen LogP contribution in [0.1, 0.15) is 0 Å². The van der Waals surface area contributed by atoms with E-state index in [1.54, 1.807) is 4.90 Å². The number of rotatable bonds is 5. The van der Waals surface area contributed by atoms with E-state index >= 15 is 0 Å². The Morgan fingerprint density at radius 2 is 2.15 bits per heavy atom. The van der Waals surface area contributed by atoms with Crippen LogP contribution in [0.3, 0.4) is 0 Å². The molecule has 1 heterocycles. The molecule has 0 N–H and O–H groups in total. The number of nitrogens with zero attached hydrogens (tertiary/aromatic N) is 1. The van der Waals surface area contributed by atoms with Crippen molar-refractivity contribution in [3.63, 3.8) is 0 Å². The van der Waals surface area contributed by atoms with Crippen molar-refractivity contribution in [2.45, 2.75) is 25.7 Å². The second-order valence-electron chi connectivity index (χ2n) is 6.07. The molecule has 4 nitrogen and oxygen atoms in total. The molecule has 0 saturated heterocycles. The lowest BCUT2D eigenvalue weighted by molar-refractivity contribution is -0.122. The van der Waals surface area contributed by atoms with Crippen molar-refractivity contribution in [2.24, 2.45) is 0 Å². The summed E-state index contributed by atoms with van der Waals surface area (Å²) in [5.41, 5.74) is 0.767. The Kier molecular flexibility index (Phi) is 4.88. The molecule has 0 bridgehead atoms.